The maximum absolute atomic E-state index is 10.0. The van der Waals surface area contributed by atoms with E-state index in [0.717, 1.165) is 0 Å². The molecule has 2 aromatic rings. The summed E-state index contributed by atoms with van der Waals surface area (Å²) in [6, 6.07) is 8.53. The third-order valence-electron chi connectivity index (χ3n) is 4.26. The van der Waals surface area contributed by atoms with Gasteiger partial charge < -0.3 is 5.11 Å². The van der Waals surface area contributed by atoms with Gasteiger partial charge in [0.25, 0.3) is 0 Å². The molecule has 0 heterocycles. The molecule has 1 heteroatoms. The van der Waals surface area contributed by atoms with Gasteiger partial charge in [0.2, 0.25) is 0 Å². The van der Waals surface area contributed by atoms with E-state index in [1.165, 1.54) is 33.0 Å². The van der Waals surface area contributed by atoms with Crippen molar-refractivity contribution in [3.63, 3.8) is 0 Å². The summed E-state index contributed by atoms with van der Waals surface area (Å²) in [7, 11) is 0. The van der Waals surface area contributed by atoms with Gasteiger partial charge in [-0.15, -0.1) is 0 Å². The van der Waals surface area contributed by atoms with Gasteiger partial charge in [-0.2, -0.15) is 0 Å². The van der Waals surface area contributed by atoms with Gasteiger partial charge in [0.05, 0.1) is 6.10 Å². The Kier molecular flexibility index (Phi) is 2.53. The van der Waals surface area contributed by atoms with Crippen molar-refractivity contribution >= 4 is 16.8 Å². The molecule has 1 N–H and O–H groups in total. The quantitative estimate of drug-likeness (QED) is 0.737. The van der Waals surface area contributed by atoms with E-state index in [-0.39, 0.29) is 12.0 Å². The fourth-order valence-electron chi connectivity index (χ4n) is 3.17. The van der Waals surface area contributed by atoms with E-state index in [9.17, 15) is 5.11 Å². The molecule has 1 nitrogen and oxygen atoms in total. The topological polar surface area (TPSA) is 20.2 Å². The number of hydrogen-bond donors (Lipinski definition) is 1. The van der Waals surface area contributed by atoms with Gasteiger partial charge in [0.15, 0.2) is 0 Å². The molecule has 92 valence electrons. The Labute approximate surface area is 108 Å². The highest BCUT2D eigenvalue weighted by Gasteiger charge is 2.24. The first-order valence-corrected chi connectivity index (χ1v) is 6.49. The molecule has 0 amide bonds. The van der Waals surface area contributed by atoms with Crippen molar-refractivity contribution in [3.05, 3.63) is 52.6 Å². The van der Waals surface area contributed by atoms with Crippen LogP contribution in [0.3, 0.4) is 0 Å². The van der Waals surface area contributed by atoms with Crippen LogP contribution in [0.15, 0.2) is 30.3 Å². The minimum atomic E-state index is -0.364. The predicted molar refractivity (Wildman–Crippen MR) is 76.9 cm³/mol. The Morgan fingerprint density at radius 2 is 1.61 bits per heavy atom. The lowest BCUT2D eigenvalue weighted by atomic mass is 9.79. The highest BCUT2D eigenvalue weighted by molar-refractivity contribution is 5.93. The number of aryl methyl sites for hydroxylation is 2. The molecule has 0 saturated carbocycles. The van der Waals surface area contributed by atoms with Crippen LogP contribution in [0, 0.1) is 13.8 Å². The average molecular weight is 238 g/mol. The minimum absolute atomic E-state index is 0.174. The van der Waals surface area contributed by atoms with Crippen LogP contribution in [-0.2, 0) is 0 Å². The highest BCUT2D eigenvalue weighted by atomic mass is 16.3. The molecular formula is C17H18O. The molecule has 1 aliphatic carbocycles. The van der Waals surface area contributed by atoms with Crippen molar-refractivity contribution in [2.24, 2.45) is 0 Å². The van der Waals surface area contributed by atoms with E-state index >= 15 is 0 Å². The summed E-state index contributed by atoms with van der Waals surface area (Å²) in [6.45, 7) is 6.45. The monoisotopic (exact) mass is 238 g/mol. The SMILES string of the molecule is Cc1c2c(c(C)c3ccccc13)C(C)C(O)C=C2. The summed E-state index contributed by atoms with van der Waals surface area (Å²) in [6.07, 6.45) is 3.62. The Balaban J connectivity index is 2.46. The average Bonchev–Trinajstić information content (AvgIpc) is 2.39. The number of hydrogen-bond acceptors (Lipinski definition) is 1. The van der Waals surface area contributed by atoms with Crippen LogP contribution in [-0.4, -0.2) is 11.2 Å². The first-order valence-electron chi connectivity index (χ1n) is 6.49. The molecule has 0 aromatic heterocycles. The predicted octanol–water partition coefficient (Wildman–Crippen LogP) is 3.95. The van der Waals surface area contributed by atoms with E-state index in [1.54, 1.807) is 0 Å². The lowest BCUT2D eigenvalue weighted by Crippen LogP contribution is -2.19. The molecule has 18 heavy (non-hydrogen) atoms. The third-order valence-corrected chi connectivity index (χ3v) is 4.26. The summed E-state index contributed by atoms with van der Waals surface area (Å²) in [4.78, 5) is 0. The summed E-state index contributed by atoms with van der Waals surface area (Å²) < 4.78 is 0. The van der Waals surface area contributed by atoms with E-state index in [2.05, 4.69) is 51.1 Å². The molecule has 0 saturated heterocycles. The Morgan fingerprint density at radius 3 is 2.28 bits per heavy atom. The van der Waals surface area contributed by atoms with Crippen LogP contribution in [0.5, 0.6) is 0 Å². The van der Waals surface area contributed by atoms with E-state index in [1.807, 2.05) is 6.08 Å². The van der Waals surface area contributed by atoms with Crippen molar-refractivity contribution < 1.29 is 5.11 Å². The number of fused-ring (bicyclic) bond motifs is 2. The number of rotatable bonds is 0. The van der Waals surface area contributed by atoms with Gasteiger partial charge >= 0.3 is 0 Å². The zero-order valence-electron chi connectivity index (χ0n) is 11.1. The van der Waals surface area contributed by atoms with E-state index in [4.69, 9.17) is 0 Å². The third kappa shape index (κ3) is 1.44. The smallest absolute Gasteiger partial charge is 0.0790 e. The second-order valence-electron chi connectivity index (χ2n) is 5.26. The second-order valence-corrected chi connectivity index (χ2v) is 5.26. The summed E-state index contributed by atoms with van der Waals surface area (Å²) in [5.41, 5.74) is 5.23. The molecule has 2 aromatic carbocycles. The van der Waals surface area contributed by atoms with Gasteiger partial charge in [-0.3, -0.25) is 0 Å². The van der Waals surface area contributed by atoms with Crippen LogP contribution in [0.2, 0.25) is 0 Å². The molecule has 2 atom stereocenters. The van der Waals surface area contributed by atoms with Crippen LogP contribution >= 0.6 is 0 Å². The molecule has 2 unspecified atom stereocenters. The van der Waals surface area contributed by atoms with Gasteiger partial charge in [0.1, 0.15) is 0 Å². The van der Waals surface area contributed by atoms with Crippen molar-refractivity contribution in [3.8, 4) is 0 Å². The molecule has 0 radical (unpaired) electrons. The zero-order valence-corrected chi connectivity index (χ0v) is 11.1. The van der Waals surface area contributed by atoms with Crippen molar-refractivity contribution in [2.45, 2.75) is 32.8 Å². The Morgan fingerprint density at radius 1 is 1.00 bits per heavy atom. The van der Waals surface area contributed by atoms with Crippen molar-refractivity contribution in [2.75, 3.05) is 0 Å². The molecule has 0 fully saturated rings. The van der Waals surface area contributed by atoms with Crippen LogP contribution in [0.4, 0.5) is 0 Å². The maximum atomic E-state index is 10.0. The number of aliphatic hydroxyl groups is 1. The zero-order chi connectivity index (χ0) is 12.9. The van der Waals surface area contributed by atoms with E-state index in [0.29, 0.717) is 0 Å². The summed E-state index contributed by atoms with van der Waals surface area (Å²) in [5, 5.41) is 12.7. The molecule has 0 spiro atoms. The number of aliphatic hydroxyl groups excluding tert-OH is 1. The fourth-order valence-corrected chi connectivity index (χ4v) is 3.17. The largest absolute Gasteiger partial charge is 0.388 e. The van der Waals surface area contributed by atoms with Crippen molar-refractivity contribution in [1.82, 2.24) is 0 Å². The first kappa shape index (κ1) is 11.5. The Hall–Kier alpha value is -1.60. The van der Waals surface area contributed by atoms with Crippen LogP contribution in [0.25, 0.3) is 16.8 Å². The van der Waals surface area contributed by atoms with E-state index < -0.39 is 0 Å². The first-order chi connectivity index (χ1) is 8.61. The number of benzene rings is 2. The summed E-state index contributed by atoms with van der Waals surface area (Å²) >= 11 is 0. The lowest BCUT2D eigenvalue weighted by Gasteiger charge is -2.27. The highest BCUT2D eigenvalue weighted by Crippen LogP contribution is 2.38. The van der Waals surface area contributed by atoms with Gasteiger partial charge in [0, 0.05) is 5.92 Å². The minimum Gasteiger partial charge on any atom is -0.388 e. The molecule has 1 aliphatic rings. The summed E-state index contributed by atoms with van der Waals surface area (Å²) in [5.74, 6) is 0.174. The lowest BCUT2D eigenvalue weighted by molar-refractivity contribution is 0.196. The standard InChI is InChI=1S/C17H18O/c1-10-13-6-4-5-7-14(13)11(2)17-12(3)16(18)9-8-15(10)17/h4-9,12,16,18H,1-3H3. The van der Waals surface area contributed by atoms with Gasteiger partial charge in [-0.25, -0.2) is 0 Å². The molecule has 0 bridgehead atoms. The fraction of sp³-hybridized carbons (Fsp3) is 0.294. The molecular weight excluding hydrogens is 220 g/mol. The molecule has 3 rings (SSSR count). The second kappa shape index (κ2) is 3.96. The van der Waals surface area contributed by atoms with Crippen molar-refractivity contribution in [1.29, 1.82) is 0 Å². The normalized spacial score (nSPS) is 22.2. The van der Waals surface area contributed by atoms with Crippen LogP contribution < -0.4 is 0 Å². The van der Waals surface area contributed by atoms with Gasteiger partial charge in [-0.1, -0.05) is 43.3 Å². The Bertz CT molecular complexity index is 652. The molecule has 0 aliphatic heterocycles. The van der Waals surface area contributed by atoms with Crippen LogP contribution in [0.1, 0.15) is 35.1 Å². The maximum Gasteiger partial charge on any atom is 0.0790 e. The van der Waals surface area contributed by atoms with Gasteiger partial charge in [-0.05, 0) is 46.9 Å².